The van der Waals surface area contributed by atoms with Gasteiger partial charge in [0.05, 0.1) is 6.04 Å². The second-order valence-corrected chi connectivity index (χ2v) is 6.35. The van der Waals surface area contributed by atoms with Gasteiger partial charge < -0.3 is 10.6 Å². The highest BCUT2D eigenvalue weighted by Gasteiger charge is 2.15. The van der Waals surface area contributed by atoms with Crippen LogP contribution in [0.5, 0.6) is 0 Å². The molecule has 0 radical (unpaired) electrons. The average Bonchev–Trinajstić information content (AvgIpc) is 2.46. The van der Waals surface area contributed by atoms with E-state index in [1.165, 1.54) is 11.8 Å². The van der Waals surface area contributed by atoms with Crippen LogP contribution in [0.4, 0.5) is 0 Å². The summed E-state index contributed by atoms with van der Waals surface area (Å²) in [5.74, 6) is -0.369. The third-order valence-electron chi connectivity index (χ3n) is 3.25. The maximum absolute atomic E-state index is 12.2. The Morgan fingerprint density at radius 1 is 1.32 bits per heavy atom. The van der Waals surface area contributed by atoms with Crippen molar-refractivity contribution in [3.05, 3.63) is 47.2 Å². The number of amides is 1. The highest BCUT2D eigenvalue weighted by atomic mass is 16.1. The molecule has 1 unspecified atom stereocenters. The Labute approximate surface area is 133 Å². The van der Waals surface area contributed by atoms with Gasteiger partial charge in [0.25, 0.3) is 5.91 Å². The zero-order chi connectivity index (χ0) is 16.8. The summed E-state index contributed by atoms with van der Waals surface area (Å²) in [4.78, 5) is 12.2. The van der Waals surface area contributed by atoms with E-state index < -0.39 is 0 Å². The Morgan fingerprint density at radius 2 is 1.91 bits per heavy atom. The Balaban J connectivity index is 2.74. The number of nitriles is 1. The first-order valence-electron chi connectivity index (χ1n) is 7.54. The van der Waals surface area contributed by atoms with Crippen molar-refractivity contribution in [2.24, 2.45) is 0 Å². The molecule has 1 atom stereocenters. The smallest absolute Gasteiger partial charge is 0.263 e. The second kappa shape index (κ2) is 7.65. The van der Waals surface area contributed by atoms with Crippen LogP contribution in [0.2, 0.25) is 0 Å². The Hall–Kier alpha value is -2.28. The summed E-state index contributed by atoms with van der Waals surface area (Å²) in [7, 11) is 0. The van der Waals surface area contributed by atoms with Crippen LogP contribution in [0.3, 0.4) is 0 Å². The fourth-order valence-corrected chi connectivity index (χ4v) is 1.84. The summed E-state index contributed by atoms with van der Waals surface area (Å²) < 4.78 is 0. The van der Waals surface area contributed by atoms with Crippen LogP contribution >= 0.6 is 0 Å². The van der Waals surface area contributed by atoms with Gasteiger partial charge in [0, 0.05) is 11.7 Å². The summed E-state index contributed by atoms with van der Waals surface area (Å²) >= 11 is 0. The van der Waals surface area contributed by atoms with Gasteiger partial charge in [0.1, 0.15) is 11.6 Å². The van der Waals surface area contributed by atoms with E-state index in [9.17, 15) is 4.79 Å². The number of benzene rings is 1. The standard InChI is InChI=1S/C18H25N3O/c1-6-14-7-9-15(10-8-14)13(2)21-17(22)16(11-19)12-20-18(3,4)5/h7-10,12-13,20H,6H2,1-5H3,(H,21,22)/b16-12-. The van der Waals surface area contributed by atoms with Gasteiger partial charge in [0.2, 0.25) is 0 Å². The lowest BCUT2D eigenvalue weighted by atomic mass is 10.0. The summed E-state index contributed by atoms with van der Waals surface area (Å²) in [6, 6.07) is 9.91. The molecule has 1 aromatic rings. The van der Waals surface area contributed by atoms with E-state index in [0.29, 0.717) is 0 Å². The number of hydrogen-bond acceptors (Lipinski definition) is 3. The van der Waals surface area contributed by atoms with E-state index in [4.69, 9.17) is 5.26 Å². The van der Waals surface area contributed by atoms with E-state index in [1.807, 2.05) is 45.9 Å². The molecule has 0 spiro atoms. The SMILES string of the molecule is CCc1ccc(C(C)NC(=O)/C(C#N)=C\NC(C)(C)C)cc1. The number of nitrogens with zero attached hydrogens (tertiary/aromatic N) is 1. The number of carbonyl (C=O) groups is 1. The van der Waals surface area contributed by atoms with Gasteiger partial charge in [-0.2, -0.15) is 5.26 Å². The molecule has 0 aliphatic carbocycles. The minimum Gasteiger partial charge on any atom is -0.385 e. The molecule has 0 saturated heterocycles. The number of rotatable bonds is 5. The minimum atomic E-state index is -0.369. The van der Waals surface area contributed by atoms with Crippen molar-refractivity contribution in [2.45, 2.75) is 52.6 Å². The van der Waals surface area contributed by atoms with Crippen molar-refractivity contribution in [2.75, 3.05) is 0 Å². The molecule has 4 heteroatoms. The first kappa shape index (κ1) is 17.8. The van der Waals surface area contributed by atoms with E-state index in [2.05, 4.69) is 29.7 Å². The van der Waals surface area contributed by atoms with Crippen LogP contribution < -0.4 is 10.6 Å². The fourth-order valence-electron chi connectivity index (χ4n) is 1.84. The third-order valence-corrected chi connectivity index (χ3v) is 3.25. The lowest BCUT2D eigenvalue weighted by Crippen LogP contribution is -2.33. The molecule has 0 aromatic heterocycles. The average molecular weight is 299 g/mol. The normalized spacial score (nSPS) is 13.2. The number of aryl methyl sites for hydroxylation is 1. The van der Waals surface area contributed by atoms with Gasteiger partial charge in [-0.25, -0.2) is 0 Å². The number of nitrogens with one attached hydrogen (secondary N) is 2. The molecule has 0 aliphatic rings. The van der Waals surface area contributed by atoms with Crippen LogP contribution in [0, 0.1) is 11.3 Å². The molecule has 2 N–H and O–H groups in total. The lowest BCUT2D eigenvalue weighted by Gasteiger charge is -2.19. The van der Waals surface area contributed by atoms with E-state index in [-0.39, 0.29) is 23.1 Å². The highest BCUT2D eigenvalue weighted by molar-refractivity contribution is 5.97. The molecule has 0 aliphatic heterocycles. The predicted octanol–water partition coefficient (Wildman–Crippen LogP) is 3.22. The molecule has 118 valence electrons. The Morgan fingerprint density at radius 3 is 2.36 bits per heavy atom. The van der Waals surface area contributed by atoms with Gasteiger partial charge in [-0.15, -0.1) is 0 Å². The van der Waals surface area contributed by atoms with Crippen LogP contribution in [-0.2, 0) is 11.2 Å². The van der Waals surface area contributed by atoms with Crippen LogP contribution in [-0.4, -0.2) is 11.4 Å². The van der Waals surface area contributed by atoms with Gasteiger partial charge in [-0.1, -0.05) is 31.2 Å². The zero-order valence-electron chi connectivity index (χ0n) is 14.0. The monoisotopic (exact) mass is 299 g/mol. The maximum atomic E-state index is 12.2. The zero-order valence-corrected chi connectivity index (χ0v) is 14.0. The summed E-state index contributed by atoms with van der Waals surface area (Å²) in [5.41, 5.74) is 2.16. The molecule has 0 saturated carbocycles. The number of carbonyl (C=O) groups excluding carboxylic acids is 1. The largest absolute Gasteiger partial charge is 0.385 e. The van der Waals surface area contributed by atoms with Crippen molar-refractivity contribution >= 4 is 5.91 Å². The van der Waals surface area contributed by atoms with Crippen molar-refractivity contribution in [3.8, 4) is 6.07 Å². The molecule has 1 amide bonds. The van der Waals surface area contributed by atoms with E-state index >= 15 is 0 Å². The molecule has 22 heavy (non-hydrogen) atoms. The first-order chi connectivity index (χ1) is 10.3. The second-order valence-electron chi connectivity index (χ2n) is 6.35. The molecule has 0 heterocycles. The molecular formula is C18H25N3O. The van der Waals surface area contributed by atoms with E-state index in [1.54, 1.807) is 0 Å². The van der Waals surface area contributed by atoms with Crippen molar-refractivity contribution in [3.63, 3.8) is 0 Å². The first-order valence-corrected chi connectivity index (χ1v) is 7.54. The molecule has 0 bridgehead atoms. The maximum Gasteiger partial charge on any atom is 0.263 e. The van der Waals surface area contributed by atoms with Crippen molar-refractivity contribution in [1.29, 1.82) is 5.26 Å². The van der Waals surface area contributed by atoms with Gasteiger partial charge >= 0.3 is 0 Å². The van der Waals surface area contributed by atoms with Crippen LogP contribution in [0.15, 0.2) is 36.0 Å². The Bertz CT molecular complexity index is 574. The van der Waals surface area contributed by atoms with Gasteiger partial charge in [-0.05, 0) is 45.2 Å². The fraction of sp³-hybridized carbons (Fsp3) is 0.444. The molecule has 1 aromatic carbocycles. The number of hydrogen-bond donors (Lipinski definition) is 2. The third kappa shape index (κ3) is 5.61. The molecule has 1 rings (SSSR count). The van der Waals surface area contributed by atoms with Crippen LogP contribution in [0.1, 0.15) is 51.8 Å². The quantitative estimate of drug-likeness (QED) is 0.648. The minimum absolute atomic E-state index is 0.0759. The predicted molar refractivity (Wildman–Crippen MR) is 89.0 cm³/mol. The molecule has 4 nitrogen and oxygen atoms in total. The Kier molecular flexibility index (Phi) is 6.18. The lowest BCUT2D eigenvalue weighted by molar-refractivity contribution is -0.117. The van der Waals surface area contributed by atoms with Crippen molar-refractivity contribution < 1.29 is 4.79 Å². The molecule has 0 fully saturated rings. The van der Waals surface area contributed by atoms with Gasteiger partial charge in [0.15, 0.2) is 0 Å². The van der Waals surface area contributed by atoms with Crippen molar-refractivity contribution in [1.82, 2.24) is 10.6 Å². The van der Waals surface area contributed by atoms with Crippen LogP contribution in [0.25, 0.3) is 0 Å². The van der Waals surface area contributed by atoms with E-state index in [0.717, 1.165) is 12.0 Å². The van der Waals surface area contributed by atoms with Gasteiger partial charge in [-0.3, -0.25) is 4.79 Å². The topological polar surface area (TPSA) is 64.9 Å². The highest BCUT2D eigenvalue weighted by Crippen LogP contribution is 2.14. The molecular weight excluding hydrogens is 274 g/mol. The summed E-state index contributed by atoms with van der Waals surface area (Å²) in [6.07, 6.45) is 2.46. The summed E-state index contributed by atoms with van der Waals surface area (Å²) in [5, 5.41) is 15.0. The summed E-state index contributed by atoms with van der Waals surface area (Å²) in [6.45, 7) is 9.91.